The maximum atomic E-state index is 6.20. The minimum atomic E-state index is 0.440. The van der Waals surface area contributed by atoms with E-state index in [9.17, 15) is 0 Å². The Labute approximate surface area is 119 Å². The number of likely N-dealkylation sites (tertiary alicyclic amines) is 1. The van der Waals surface area contributed by atoms with Gasteiger partial charge in [-0.25, -0.2) is 0 Å². The second kappa shape index (κ2) is 7.61. The SMILES string of the molecule is CCC1NC(C)CCC1OCCC1CCCCN1C. The van der Waals surface area contributed by atoms with Gasteiger partial charge in [-0.1, -0.05) is 13.3 Å². The molecule has 2 aliphatic heterocycles. The highest BCUT2D eigenvalue weighted by Crippen LogP contribution is 2.21. The summed E-state index contributed by atoms with van der Waals surface area (Å²) in [6.45, 7) is 6.76. The van der Waals surface area contributed by atoms with Crippen LogP contribution in [-0.2, 0) is 4.74 Å². The first-order chi connectivity index (χ1) is 9.20. The summed E-state index contributed by atoms with van der Waals surface area (Å²) in [5, 5.41) is 3.68. The molecular formula is C16H32N2O. The van der Waals surface area contributed by atoms with Gasteiger partial charge in [-0.15, -0.1) is 0 Å². The molecule has 2 heterocycles. The third kappa shape index (κ3) is 4.44. The zero-order valence-electron chi connectivity index (χ0n) is 13.0. The Morgan fingerprint density at radius 2 is 2.05 bits per heavy atom. The first kappa shape index (κ1) is 15.3. The summed E-state index contributed by atoms with van der Waals surface area (Å²) < 4.78 is 6.20. The number of nitrogens with one attached hydrogen (secondary N) is 1. The fourth-order valence-corrected chi connectivity index (χ4v) is 3.62. The number of nitrogens with zero attached hydrogens (tertiary/aromatic N) is 1. The summed E-state index contributed by atoms with van der Waals surface area (Å²) in [5.41, 5.74) is 0. The molecule has 0 radical (unpaired) electrons. The van der Waals surface area contributed by atoms with E-state index in [0.717, 1.165) is 12.6 Å². The average molecular weight is 268 g/mol. The Balaban J connectivity index is 1.69. The summed E-state index contributed by atoms with van der Waals surface area (Å²) in [5.74, 6) is 0. The normalized spacial score (nSPS) is 37.4. The van der Waals surface area contributed by atoms with Gasteiger partial charge in [-0.2, -0.15) is 0 Å². The number of ether oxygens (including phenoxy) is 1. The number of piperidine rings is 2. The fraction of sp³-hybridized carbons (Fsp3) is 1.00. The highest BCUT2D eigenvalue weighted by Gasteiger charge is 2.27. The van der Waals surface area contributed by atoms with Crippen molar-refractivity contribution in [1.82, 2.24) is 10.2 Å². The molecule has 2 saturated heterocycles. The van der Waals surface area contributed by atoms with Crippen molar-refractivity contribution in [2.75, 3.05) is 20.2 Å². The van der Waals surface area contributed by atoms with Crippen LogP contribution < -0.4 is 5.32 Å². The minimum absolute atomic E-state index is 0.440. The van der Waals surface area contributed by atoms with Crippen molar-refractivity contribution in [3.05, 3.63) is 0 Å². The molecule has 4 unspecified atom stereocenters. The molecule has 3 nitrogen and oxygen atoms in total. The molecule has 0 spiro atoms. The van der Waals surface area contributed by atoms with E-state index in [1.807, 2.05) is 0 Å². The van der Waals surface area contributed by atoms with Gasteiger partial charge in [0.1, 0.15) is 0 Å². The van der Waals surface area contributed by atoms with Gasteiger partial charge < -0.3 is 15.0 Å². The topological polar surface area (TPSA) is 24.5 Å². The van der Waals surface area contributed by atoms with E-state index in [1.165, 1.54) is 51.5 Å². The summed E-state index contributed by atoms with van der Waals surface area (Å²) in [6.07, 6.45) is 9.44. The van der Waals surface area contributed by atoms with Crippen LogP contribution in [0.3, 0.4) is 0 Å². The molecule has 4 atom stereocenters. The molecule has 0 saturated carbocycles. The molecule has 1 N–H and O–H groups in total. The first-order valence-corrected chi connectivity index (χ1v) is 8.28. The molecule has 0 aromatic heterocycles. The zero-order valence-corrected chi connectivity index (χ0v) is 13.0. The van der Waals surface area contributed by atoms with Crippen LogP contribution in [0.15, 0.2) is 0 Å². The summed E-state index contributed by atoms with van der Waals surface area (Å²) in [6, 6.07) is 1.98. The molecular weight excluding hydrogens is 236 g/mol. The van der Waals surface area contributed by atoms with Crippen molar-refractivity contribution >= 4 is 0 Å². The lowest BCUT2D eigenvalue weighted by Crippen LogP contribution is -2.50. The maximum Gasteiger partial charge on any atom is 0.0728 e. The predicted octanol–water partition coefficient (Wildman–Crippen LogP) is 2.80. The number of hydrogen-bond donors (Lipinski definition) is 1. The van der Waals surface area contributed by atoms with Gasteiger partial charge in [-0.3, -0.25) is 0 Å². The molecule has 2 aliphatic rings. The molecule has 0 amide bonds. The minimum Gasteiger partial charge on any atom is -0.377 e. The van der Waals surface area contributed by atoms with E-state index in [4.69, 9.17) is 4.74 Å². The number of hydrogen-bond acceptors (Lipinski definition) is 3. The van der Waals surface area contributed by atoms with Crippen LogP contribution in [0.2, 0.25) is 0 Å². The third-order valence-corrected chi connectivity index (χ3v) is 4.98. The second-order valence-corrected chi connectivity index (χ2v) is 6.49. The largest absolute Gasteiger partial charge is 0.377 e. The molecule has 3 heteroatoms. The summed E-state index contributed by atoms with van der Waals surface area (Å²) in [7, 11) is 2.27. The van der Waals surface area contributed by atoms with Gasteiger partial charge in [0.15, 0.2) is 0 Å². The van der Waals surface area contributed by atoms with Gasteiger partial charge in [-0.05, 0) is 59.0 Å². The molecule has 112 valence electrons. The molecule has 2 fully saturated rings. The average Bonchev–Trinajstić information content (AvgIpc) is 2.42. The van der Waals surface area contributed by atoms with E-state index in [2.05, 4.69) is 31.1 Å². The molecule has 19 heavy (non-hydrogen) atoms. The molecule has 0 aromatic carbocycles. The lowest BCUT2D eigenvalue weighted by molar-refractivity contribution is -0.0108. The lowest BCUT2D eigenvalue weighted by atomic mass is 9.94. The van der Waals surface area contributed by atoms with E-state index in [0.29, 0.717) is 18.2 Å². The first-order valence-electron chi connectivity index (χ1n) is 8.28. The van der Waals surface area contributed by atoms with Crippen molar-refractivity contribution in [1.29, 1.82) is 0 Å². The second-order valence-electron chi connectivity index (χ2n) is 6.49. The predicted molar refractivity (Wildman–Crippen MR) is 80.5 cm³/mol. The zero-order chi connectivity index (χ0) is 13.7. The summed E-state index contributed by atoms with van der Waals surface area (Å²) >= 11 is 0. The van der Waals surface area contributed by atoms with Crippen LogP contribution in [0.25, 0.3) is 0 Å². The number of rotatable bonds is 5. The van der Waals surface area contributed by atoms with E-state index >= 15 is 0 Å². The Bertz CT molecular complexity index is 259. The summed E-state index contributed by atoms with van der Waals surface area (Å²) in [4.78, 5) is 2.52. The Morgan fingerprint density at radius 1 is 1.21 bits per heavy atom. The van der Waals surface area contributed by atoms with Crippen molar-refractivity contribution in [3.63, 3.8) is 0 Å². The molecule has 0 aromatic rings. The highest BCUT2D eigenvalue weighted by molar-refractivity contribution is 4.85. The van der Waals surface area contributed by atoms with Crippen molar-refractivity contribution in [3.8, 4) is 0 Å². The third-order valence-electron chi connectivity index (χ3n) is 4.98. The Morgan fingerprint density at radius 3 is 2.79 bits per heavy atom. The van der Waals surface area contributed by atoms with E-state index in [1.54, 1.807) is 0 Å². The van der Waals surface area contributed by atoms with Crippen LogP contribution in [0.1, 0.15) is 58.8 Å². The van der Waals surface area contributed by atoms with Crippen molar-refractivity contribution in [2.24, 2.45) is 0 Å². The van der Waals surface area contributed by atoms with Gasteiger partial charge in [0.2, 0.25) is 0 Å². The van der Waals surface area contributed by atoms with Gasteiger partial charge in [0.25, 0.3) is 0 Å². The Hall–Kier alpha value is -0.120. The Kier molecular flexibility index (Phi) is 6.11. The van der Waals surface area contributed by atoms with Gasteiger partial charge in [0.05, 0.1) is 6.10 Å². The van der Waals surface area contributed by atoms with Crippen molar-refractivity contribution in [2.45, 2.75) is 83.0 Å². The molecule has 0 bridgehead atoms. The fourth-order valence-electron chi connectivity index (χ4n) is 3.62. The van der Waals surface area contributed by atoms with Crippen LogP contribution in [-0.4, -0.2) is 49.3 Å². The van der Waals surface area contributed by atoms with Crippen molar-refractivity contribution < 1.29 is 4.74 Å². The van der Waals surface area contributed by atoms with Gasteiger partial charge >= 0.3 is 0 Å². The van der Waals surface area contributed by atoms with Crippen LogP contribution >= 0.6 is 0 Å². The van der Waals surface area contributed by atoms with E-state index < -0.39 is 0 Å². The highest BCUT2D eigenvalue weighted by atomic mass is 16.5. The van der Waals surface area contributed by atoms with Crippen LogP contribution in [0.5, 0.6) is 0 Å². The van der Waals surface area contributed by atoms with Gasteiger partial charge in [0, 0.05) is 24.7 Å². The molecule has 0 aliphatic carbocycles. The van der Waals surface area contributed by atoms with Crippen LogP contribution in [0, 0.1) is 0 Å². The standard InChI is InChI=1S/C16H32N2O/c1-4-15-16(9-8-13(2)17-15)19-12-10-14-7-5-6-11-18(14)3/h13-17H,4-12H2,1-3H3. The lowest BCUT2D eigenvalue weighted by Gasteiger charge is -2.37. The maximum absolute atomic E-state index is 6.20. The smallest absolute Gasteiger partial charge is 0.0728 e. The van der Waals surface area contributed by atoms with E-state index in [-0.39, 0.29) is 0 Å². The quantitative estimate of drug-likeness (QED) is 0.830. The monoisotopic (exact) mass is 268 g/mol. The molecule has 2 rings (SSSR count). The van der Waals surface area contributed by atoms with Crippen LogP contribution in [0.4, 0.5) is 0 Å².